The molecule has 0 aromatic heterocycles. The highest BCUT2D eigenvalue weighted by atomic mass is 16.6. The van der Waals surface area contributed by atoms with Gasteiger partial charge in [0, 0.05) is 19.3 Å². The van der Waals surface area contributed by atoms with Crippen molar-refractivity contribution in [2.75, 3.05) is 13.2 Å². The molecule has 0 N–H and O–H groups in total. The smallest absolute Gasteiger partial charge is 0.306 e. The van der Waals surface area contributed by atoms with Gasteiger partial charge in [-0.2, -0.15) is 0 Å². The van der Waals surface area contributed by atoms with Crippen LogP contribution in [0, 0.1) is 0 Å². The number of unbranched alkanes of at least 4 members (excludes halogenated alkanes) is 25. The average Bonchev–Trinajstić information content (AvgIpc) is 3.22. The molecule has 0 aromatic carbocycles. The van der Waals surface area contributed by atoms with Crippen LogP contribution in [0.4, 0.5) is 0 Å². The molecule has 6 nitrogen and oxygen atoms in total. The van der Waals surface area contributed by atoms with Crippen molar-refractivity contribution >= 4 is 17.9 Å². The molecule has 0 aliphatic rings. The van der Waals surface area contributed by atoms with Gasteiger partial charge in [0.15, 0.2) is 6.10 Å². The van der Waals surface area contributed by atoms with Gasteiger partial charge in [0.25, 0.3) is 0 Å². The molecule has 58 heavy (non-hydrogen) atoms. The third-order valence-electron chi connectivity index (χ3n) is 10.6. The molecule has 0 amide bonds. The van der Waals surface area contributed by atoms with Gasteiger partial charge in [-0.05, 0) is 57.8 Å². The van der Waals surface area contributed by atoms with Gasteiger partial charge < -0.3 is 14.2 Å². The van der Waals surface area contributed by atoms with Crippen molar-refractivity contribution in [3.05, 3.63) is 48.6 Å². The van der Waals surface area contributed by atoms with Crippen LogP contribution in [0.5, 0.6) is 0 Å². The minimum atomic E-state index is -0.772. The van der Waals surface area contributed by atoms with E-state index in [0.29, 0.717) is 19.3 Å². The third-order valence-corrected chi connectivity index (χ3v) is 10.6. The van der Waals surface area contributed by atoms with Crippen molar-refractivity contribution in [2.45, 2.75) is 252 Å². The van der Waals surface area contributed by atoms with Gasteiger partial charge in [0.2, 0.25) is 0 Å². The Labute approximate surface area is 358 Å². The Morgan fingerprint density at radius 1 is 0.362 bits per heavy atom. The molecule has 1 unspecified atom stereocenters. The molecule has 0 saturated carbocycles. The van der Waals surface area contributed by atoms with E-state index in [-0.39, 0.29) is 31.1 Å². The van der Waals surface area contributed by atoms with Gasteiger partial charge >= 0.3 is 17.9 Å². The zero-order valence-electron chi connectivity index (χ0n) is 38.3. The summed E-state index contributed by atoms with van der Waals surface area (Å²) in [4.78, 5) is 37.6. The Morgan fingerprint density at radius 2 is 0.672 bits per heavy atom. The van der Waals surface area contributed by atoms with Crippen LogP contribution < -0.4 is 0 Å². The van der Waals surface area contributed by atoms with Crippen molar-refractivity contribution < 1.29 is 28.6 Å². The minimum Gasteiger partial charge on any atom is -0.462 e. The molecule has 0 fully saturated rings. The van der Waals surface area contributed by atoms with E-state index in [2.05, 4.69) is 69.4 Å². The molecule has 0 heterocycles. The lowest BCUT2D eigenvalue weighted by molar-refractivity contribution is -0.167. The largest absolute Gasteiger partial charge is 0.462 e. The van der Waals surface area contributed by atoms with Crippen LogP contribution in [-0.4, -0.2) is 37.2 Å². The molecule has 0 aliphatic carbocycles. The maximum absolute atomic E-state index is 12.7. The van der Waals surface area contributed by atoms with Crippen LogP contribution in [0.3, 0.4) is 0 Å². The first kappa shape index (κ1) is 55.4. The number of hydrogen-bond donors (Lipinski definition) is 0. The monoisotopic (exact) mass is 813 g/mol. The molecular formula is C52H92O6. The molecule has 0 saturated heterocycles. The van der Waals surface area contributed by atoms with Gasteiger partial charge in [0.05, 0.1) is 0 Å². The maximum Gasteiger partial charge on any atom is 0.306 e. The first-order valence-corrected chi connectivity index (χ1v) is 24.6. The molecule has 1 atom stereocenters. The van der Waals surface area contributed by atoms with E-state index in [1.54, 1.807) is 0 Å². The number of carbonyl (C=O) groups is 3. The van der Waals surface area contributed by atoms with Crippen LogP contribution in [0.25, 0.3) is 0 Å². The van der Waals surface area contributed by atoms with Gasteiger partial charge in [-0.3, -0.25) is 14.4 Å². The highest BCUT2D eigenvalue weighted by molar-refractivity contribution is 5.71. The summed E-state index contributed by atoms with van der Waals surface area (Å²) < 4.78 is 16.6. The Morgan fingerprint density at radius 3 is 1.05 bits per heavy atom. The lowest BCUT2D eigenvalue weighted by atomic mass is 10.0. The molecular weight excluding hydrogens is 721 g/mol. The first-order chi connectivity index (χ1) is 28.5. The van der Waals surface area contributed by atoms with Crippen molar-refractivity contribution in [1.82, 2.24) is 0 Å². The topological polar surface area (TPSA) is 78.9 Å². The zero-order chi connectivity index (χ0) is 42.3. The summed E-state index contributed by atoms with van der Waals surface area (Å²) in [5.74, 6) is -0.899. The van der Waals surface area contributed by atoms with Gasteiger partial charge in [-0.1, -0.05) is 217 Å². The molecule has 0 aliphatic heterocycles. The standard InChI is InChI=1S/C52H92O6/c1-4-7-10-13-15-17-19-21-23-25-26-27-29-30-32-34-36-39-42-45-51(54)57-48-49(47-56-50(53)44-41-38-12-9-6-3)58-52(55)46-43-40-37-35-33-31-28-24-22-20-18-16-14-11-8-5-2/h7,10,15,17,21,23,26-27,49H,4-6,8-9,11-14,16,18-20,22,24-25,28-48H2,1-3H3/b10-7-,17-15-,23-21-,27-26-. The molecule has 336 valence electrons. The number of carbonyl (C=O) groups excluding carboxylic acids is 3. The highest BCUT2D eigenvalue weighted by Gasteiger charge is 2.19. The second-order valence-corrected chi connectivity index (χ2v) is 16.4. The van der Waals surface area contributed by atoms with E-state index in [1.165, 1.54) is 109 Å². The van der Waals surface area contributed by atoms with E-state index in [1.807, 2.05) is 0 Å². The van der Waals surface area contributed by atoms with Gasteiger partial charge in [0.1, 0.15) is 13.2 Å². The van der Waals surface area contributed by atoms with Gasteiger partial charge in [-0.25, -0.2) is 0 Å². The van der Waals surface area contributed by atoms with Crippen molar-refractivity contribution in [3.8, 4) is 0 Å². The Kier molecular flexibility index (Phi) is 44.9. The fourth-order valence-corrected chi connectivity index (χ4v) is 6.90. The van der Waals surface area contributed by atoms with E-state index in [0.717, 1.165) is 96.3 Å². The molecule has 0 rings (SSSR count). The van der Waals surface area contributed by atoms with Crippen LogP contribution in [0.15, 0.2) is 48.6 Å². The number of rotatable bonds is 44. The summed E-state index contributed by atoms with van der Waals surface area (Å²) in [7, 11) is 0. The summed E-state index contributed by atoms with van der Waals surface area (Å²) in [6.45, 7) is 6.44. The van der Waals surface area contributed by atoms with E-state index in [4.69, 9.17) is 14.2 Å². The molecule has 0 spiro atoms. The Balaban J connectivity index is 4.19. The van der Waals surface area contributed by atoms with Crippen molar-refractivity contribution in [3.63, 3.8) is 0 Å². The number of ether oxygens (including phenoxy) is 3. The SMILES string of the molecule is CC/C=C\C/C=C\C/C=C\C/C=C\CCCCCCCCC(=O)OCC(COC(=O)CCCCCCC)OC(=O)CCCCCCCCCCCCCCCCCC. The average molecular weight is 813 g/mol. The molecule has 0 radical (unpaired) electrons. The van der Waals surface area contributed by atoms with E-state index >= 15 is 0 Å². The fourth-order valence-electron chi connectivity index (χ4n) is 6.90. The number of allylic oxidation sites excluding steroid dienone is 8. The van der Waals surface area contributed by atoms with Crippen molar-refractivity contribution in [2.24, 2.45) is 0 Å². The predicted molar refractivity (Wildman–Crippen MR) is 247 cm³/mol. The second kappa shape index (κ2) is 47.1. The zero-order valence-corrected chi connectivity index (χ0v) is 38.3. The summed E-state index contributed by atoms with van der Waals surface area (Å²) in [5, 5.41) is 0. The summed E-state index contributed by atoms with van der Waals surface area (Å²) >= 11 is 0. The summed E-state index contributed by atoms with van der Waals surface area (Å²) in [5.41, 5.74) is 0. The summed E-state index contributed by atoms with van der Waals surface area (Å²) in [6, 6.07) is 0. The molecule has 0 bridgehead atoms. The quantitative estimate of drug-likeness (QED) is 0.0264. The first-order valence-electron chi connectivity index (χ1n) is 24.6. The Bertz CT molecular complexity index is 1030. The Hall–Kier alpha value is -2.63. The normalized spacial score (nSPS) is 12.4. The van der Waals surface area contributed by atoms with Gasteiger partial charge in [-0.15, -0.1) is 0 Å². The van der Waals surface area contributed by atoms with Crippen LogP contribution >= 0.6 is 0 Å². The maximum atomic E-state index is 12.7. The summed E-state index contributed by atoms with van der Waals surface area (Å²) in [6.07, 6.45) is 55.5. The van der Waals surface area contributed by atoms with Crippen molar-refractivity contribution in [1.29, 1.82) is 0 Å². The highest BCUT2D eigenvalue weighted by Crippen LogP contribution is 2.15. The lowest BCUT2D eigenvalue weighted by Crippen LogP contribution is -2.30. The lowest BCUT2D eigenvalue weighted by Gasteiger charge is -2.18. The fraction of sp³-hybridized carbons (Fsp3) is 0.788. The van der Waals surface area contributed by atoms with E-state index < -0.39 is 6.10 Å². The minimum absolute atomic E-state index is 0.0767. The number of hydrogen-bond acceptors (Lipinski definition) is 6. The molecule has 0 aromatic rings. The third kappa shape index (κ3) is 44.5. The van der Waals surface area contributed by atoms with E-state index in [9.17, 15) is 14.4 Å². The van der Waals surface area contributed by atoms with Crippen LogP contribution in [-0.2, 0) is 28.6 Å². The van der Waals surface area contributed by atoms with Crippen LogP contribution in [0.1, 0.15) is 245 Å². The predicted octanol–water partition coefficient (Wildman–Crippen LogP) is 15.9. The second-order valence-electron chi connectivity index (χ2n) is 16.4. The number of esters is 3. The van der Waals surface area contributed by atoms with Crippen LogP contribution in [0.2, 0.25) is 0 Å². The molecule has 6 heteroatoms.